The lowest BCUT2D eigenvalue weighted by Gasteiger charge is -2.32. The minimum Gasteiger partial charge on any atom is -0.497 e. The molecule has 3 aromatic carbocycles. The second kappa shape index (κ2) is 14.0. The quantitative estimate of drug-likeness (QED) is 0.295. The van der Waals surface area contributed by atoms with Crippen molar-refractivity contribution in [2.75, 3.05) is 24.5 Å². The Bertz CT molecular complexity index is 1350. The van der Waals surface area contributed by atoms with Crippen LogP contribution in [0.2, 0.25) is 5.02 Å². The lowest BCUT2D eigenvalue weighted by molar-refractivity contribution is -0.139. The predicted octanol–water partition coefficient (Wildman–Crippen LogP) is 4.88. The van der Waals surface area contributed by atoms with Gasteiger partial charge in [0.2, 0.25) is 11.8 Å². The van der Waals surface area contributed by atoms with Crippen molar-refractivity contribution in [3.63, 3.8) is 0 Å². The van der Waals surface area contributed by atoms with Crippen molar-refractivity contribution in [2.24, 2.45) is 0 Å². The molecular weight excluding hydrogens is 538 g/mol. The van der Waals surface area contributed by atoms with Crippen molar-refractivity contribution < 1.29 is 22.7 Å². The molecule has 0 spiro atoms. The lowest BCUT2D eigenvalue weighted by atomic mass is 10.1. The van der Waals surface area contributed by atoms with Crippen molar-refractivity contribution in [1.82, 2.24) is 10.2 Å². The maximum Gasteiger partial charge on any atom is 0.264 e. The average molecular weight is 572 g/mol. The van der Waals surface area contributed by atoms with Gasteiger partial charge in [-0.25, -0.2) is 8.42 Å². The molecule has 0 fully saturated rings. The van der Waals surface area contributed by atoms with E-state index < -0.39 is 28.5 Å². The Hall–Kier alpha value is -3.56. The number of anilines is 1. The first-order chi connectivity index (χ1) is 18.7. The minimum atomic E-state index is -4.14. The number of sulfonamides is 1. The molecule has 39 heavy (non-hydrogen) atoms. The number of amides is 2. The zero-order chi connectivity index (χ0) is 28.4. The maximum atomic E-state index is 13.9. The third kappa shape index (κ3) is 7.97. The molecule has 0 aliphatic rings. The summed E-state index contributed by atoms with van der Waals surface area (Å²) in [5, 5.41) is 3.41. The number of rotatable bonds is 13. The Morgan fingerprint density at radius 1 is 1.00 bits per heavy atom. The third-order valence-electron chi connectivity index (χ3n) is 6.21. The summed E-state index contributed by atoms with van der Waals surface area (Å²) in [4.78, 5) is 28.3. The van der Waals surface area contributed by atoms with E-state index in [0.717, 1.165) is 22.7 Å². The number of ether oxygens (including phenoxy) is 1. The lowest BCUT2D eigenvalue weighted by Crippen LogP contribution is -2.51. The first-order valence-corrected chi connectivity index (χ1v) is 14.5. The van der Waals surface area contributed by atoms with Gasteiger partial charge >= 0.3 is 0 Å². The van der Waals surface area contributed by atoms with E-state index >= 15 is 0 Å². The number of hydrogen-bond acceptors (Lipinski definition) is 5. The third-order valence-corrected chi connectivity index (χ3v) is 8.25. The van der Waals surface area contributed by atoms with Crippen molar-refractivity contribution in [1.29, 1.82) is 0 Å². The van der Waals surface area contributed by atoms with E-state index in [4.69, 9.17) is 16.3 Å². The van der Waals surface area contributed by atoms with E-state index in [9.17, 15) is 18.0 Å². The molecule has 1 N–H and O–H groups in total. The van der Waals surface area contributed by atoms with Gasteiger partial charge in [-0.2, -0.15) is 0 Å². The highest BCUT2D eigenvalue weighted by atomic mass is 35.5. The van der Waals surface area contributed by atoms with Crippen LogP contribution in [0.25, 0.3) is 0 Å². The van der Waals surface area contributed by atoms with Crippen LogP contribution in [0.3, 0.4) is 0 Å². The number of unbranched alkanes of at least 4 members (excludes halogenated alkanes) is 1. The second-order valence-electron chi connectivity index (χ2n) is 8.99. The van der Waals surface area contributed by atoms with Gasteiger partial charge in [-0.05, 0) is 55.3 Å². The number of hydrogen-bond donors (Lipinski definition) is 1. The fourth-order valence-corrected chi connectivity index (χ4v) is 5.47. The molecule has 3 aromatic rings. The van der Waals surface area contributed by atoms with Gasteiger partial charge < -0.3 is 15.0 Å². The number of halogens is 1. The number of nitrogens with one attached hydrogen (secondary N) is 1. The maximum absolute atomic E-state index is 13.9. The van der Waals surface area contributed by atoms with Gasteiger partial charge in [0.05, 0.1) is 17.7 Å². The average Bonchev–Trinajstić information content (AvgIpc) is 2.95. The van der Waals surface area contributed by atoms with Crippen LogP contribution in [0, 0.1) is 0 Å². The van der Waals surface area contributed by atoms with Crippen LogP contribution in [-0.4, -0.2) is 51.4 Å². The van der Waals surface area contributed by atoms with E-state index in [1.807, 2.05) is 6.92 Å². The molecule has 0 aromatic heterocycles. The summed E-state index contributed by atoms with van der Waals surface area (Å²) >= 11 is 6.04. The molecule has 8 nitrogen and oxygen atoms in total. The molecule has 0 radical (unpaired) electrons. The molecule has 0 heterocycles. The molecule has 0 unspecified atom stereocenters. The van der Waals surface area contributed by atoms with E-state index in [1.54, 1.807) is 73.7 Å². The van der Waals surface area contributed by atoms with E-state index in [-0.39, 0.29) is 23.0 Å². The van der Waals surface area contributed by atoms with Gasteiger partial charge in [0.25, 0.3) is 10.0 Å². The summed E-state index contributed by atoms with van der Waals surface area (Å²) in [5.41, 5.74) is 1.01. The molecule has 2 amide bonds. The Morgan fingerprint density at radius 3 is 2.33 bits per heavy atom. The minimum absolute atomic E-state index is 0.0372. The summed E-state index contributed by atoms with van der Waals surface area (Å²) in [6.07, 6.45) is 1.72. The molecule has 0 bridgehead atoms. The molecule has 208 valence electrons. The Balaban J connectivity index is 2.00. The van der Waals surface area contributed by atoms with Crippen LogP contribution < -0.4 is 14.4 Å². The van der Waals surface area contributed by atoms with E-state index in [2.05, 4.69) is 5.32 Å². The van der Waals surface area contributed by atoms with E-state index in [1.165, 1.54) is 24.1 Å². The van der Waals surface area contributed by atoms with Crippen molar-refractivity contribution in [3.8, 4) is 5.75 Å². The first-order valence-electron chi connectivity index (χ1n) is 12.7. The molecule has 0 saturated heterocycles. The molecule has 0 aliphatic heterocycles. The molecule has 1 atom stereocenters. The molecule has 0 saturated carbocycles. The standard InChI is InChI=1S/C29H34ClN3O5S/c1-4-5-18-31-29(35)22(2)32(20-23-14-16-24(30)17-15-23)28(34)21-33(25-10-9-11-26(19-25)38-3)39(36,37)27-12-7-6-8-13-27/h6-17,19,22H,4-5,18,20-21H2,1-3H3,(H,31,35)/t22-/m1/s1. The number of benzene rings is 3. The van der Waals surface area contributed by atoms with Crippen LogP contribution in [0.5, 0.6) is 5.75 Å². The zero-order valence-electron chi connectivity index (χ0n) is 22.3. The topological polar surface area (TPSA) is 96.0 Å². The van der Waals surface area contributed by atoms with Crippen molar-refractivity contribution >= 4 is 39.1 Å². The van der Waals surface area contributed by atoms with Gasteiger partial charge in [0.15, 0.2) is 0 Å². The van der Waals surface area contributed by atoms with Crippen LogP contribution >= 0.6 is 11.6 Å². The summed E-state index contributed by atoms with van der Waals surface area (Å²) in [5.74, 6) is -0.412. The zero-order valence-corrected chi connectivity index (χ0v) is 23.9. The summed E-state index contributed by atoms with van der Waals surface area (Å²) in [7, 11) is -2.66. The first kappa shape index (κ1) is 30.0. The number of carbonyl (C=O) groups is 2. The normalized spacial score (nSPS) is 11.9. The molecule has 0 aliphatic carbocycles. The van der Waals surface area contributed by atoms with Crippen LogP contribution in [-0.2, 0) is 26.2 Å². The van der Waals surface area contributed by atoms with Gasteiger partial charge in [0, 0.05) is 24.2 Å². The smallest absolute Gasteiger partial charge is 0.264 e. The highest BCUT2D eigenvalue weighted by Crippen LogP contribution is 2.27. The van der Waals surface area contributed by atoms with Crippen LogP contribution in [0.1, 0.15) is 32.3 Å². The largest absolute Gasteiger partial charge is 0.497 e. The van der Waals surface area contributed by atoms with Crippen molar-refractivity contribution in [3.05, 3.63) is 89.4 Å². The summed E-state index contributed by atoms with van der Waals surface area (Å²) in [6.45, 7) is 3.71. The van der Waals surface area contributed by atoms with E-state index in [0.29, 0.717) is 17.3 Å². The van der Waals surface area contributed by atoms with Gasteiger partial charge in [0.1, 0.15) is 18.3 Å². The summed E-state index contributed by atoms with van der Waals surface area (Å²) < 4.78 is 33.9. The van der Waals surface area contributed by atoms with Crippen molar-refractivity contribution in [2.45, 2.75) is 44.2 Å². The number of nitrogens with zero attached hydrogens (tertiary/aromatic N) is 2. The second-order valence-corrected chi connectivity index (χ2v) is 11.3. The van der Waals surface area contributed by atoms with Crippen LogP contribution in [0.15, 0.2) is 83.8 Å². The highest BCUT2D eigenvalue weighted by molar-refractivity contribution is 7.92. The monoisotopic (exact) mass is 571 g/mol. The highest BCUT2D eigenvalue weighted by Gasteiger charge is 2.32. The fraction of sp³-hybridized carbons (Fsp3) is 0.310. The molecule has 3 rings (SSSR count). The number of carbonyl (C=O) groups excluding carboxylic acids is 2. The van der Waals surface area contributed by atoms with Gasteiger partial charge in [-0.15, -0.1) is 0 Å². The Morgan fingerprint density at radius 2 is 1.69 bits per heavy atom. The predicted molar refractivity (Wildman–Crippen MR) is 153 cm³/mol. The van der Waals surface area contributed by atoms with Gasteiger partial charge in [-0.3, -0.25) is 13.9 Å². The molecule has 10 heteroatoms. The Labute approximate surface area is 235 Å². The van der Waals surface area contributed by atoms with Gasteiger partial charge in [-0.1, -0.05) is 61.3 Å². The summed E-state index contributed by atoms with van der Waals surface area (Å²) in [6, 6.07) is 20.5. The molecular formula is C29H34ClN3O5S. The fourth-order valence-electron chi connectivity index (χ4n) is 3.92. The Kier molecular flexibility index (Phi) is 10.8. The number of methoxy groups -OCH3 is 1. The SMILES string of the molecule is CCCCNC(=O)[C@@H](C)N(Cc1ccc(Cl)cc1)C(=O)CN(c1cccc(OC)c1)S(=O)(=O)c1ccccc1. The van der Waals surface area contributed by atoms with Crippen LogP contribution in [0.4, 0.5) is 5.69 Å².